The molecule has 0 atom stereocenters. The summed E-state index contributed by atoms with van der Waals surface area (Å²) in [5.41, 5.74) is 1.77. The molecule has 9 heteroatoms. The number of aromatic nitrogens is 2. The first-order valence-electron chi connectivity index (χ1n) is 9.26. The number of hydrogen-bond acceptors (Lipinski definition) is 7. The summed E-state index contributed by atoms with van der Waals surface area (Å²) in [6.07, 6.45) is 3.40. The van der Waals surface area contributed by atoms with Crippen LogP contribution in [0.2, 0.25) is 0 Å². The van der Waals surface area contributed by atoms with Crippen molar-refractivity contribution in [2.45, 2.75) is 21.9 Å². The highest BCUT2D eigenvalue weighted by Crippen LogP contribution is 2.47. The van der Waals surface area contributed by atoms with Crippen molar-refractivity contribution in [2.24, 2.45) is 0 Å². The number of benzene rings is 1. The van der Waals surface area contributed by atoms with Gasteiger partial charge in [0, 0.05) is 25.4 Å². The van der Waals surface area contributed by atoms with Crippen LogP contribution in [-0.4, -0.2) is 52.9 Å². The highest BCUT2D eigenvalue weighted by atomic mass is 32.2. The topological polar surface area (TPSA) is 66.4 Å². The van der Waals surface area contributed by atoms with E-state index in [-0.39, 0.29) is 4.87 Å². The number of fused-ring (bicyclic) bond motifs is 1. The first-order chi connectivity index (χ1) is 13.6. The number of piperidine rings is 1. The maximum Gasteiger partial charge on any atom is 0.253 e. The minimum absolute atomic E-state index is 0.344. The third-order valence-corrected chi connectivity index (χ3v) is 10.5. The van der Waals surface area contributed by atoms with E-state index in [1.54, 1.807) is 28.2 Å². The summed E-state index contributed by atoms with van der Waals surface area (Å²) < 4.78 is 28.5. The first kappa shape index (κ1) is 18.4. The van der Waals surface area contributed by atoms with E-state index in [4.69, 9.17) is 4.98 Å². The van der Waals surface area contributed by atoms with Gasteiger partial charge in [-0.25, -0.2) is 13.4 Å². The molecular formula is C19H20N4O2S3. The number of nitrogens with zero attached hydrogens (tertiary/aromatic N) is 4. The molecule has 0 radical (unpaired) electrons. The van der Waals surface area contributed by atoms with Crippen molar-refractivity contribution in [3.05, 3.63) is 48.0 Å². The zero-order valence-corrected chi connectivity index (χ0v) is 17.6. The second kappa shape index (κ2) is 6.98. The van der Waals surface area contributed by atoms with Gasteiger partial charge in [0.2, 0.25) is 0 Å². The average molecular weight is 433 g/mol. The number of thioether (sulfide) groups is 1. The number of sulfonamides is 1. The summed E-state index contributed by atoms with van der Waals surface area (Å²) in [6.45, 7) is 2.13. The number of para-hydroxylation sites is 2. The van der Waals surface area contributed by atoms with Crippen LogP contribution in [0.3, 0.4) is 0 Å². The summed E-state index contributed by atoms with van der Waals surface area (Å²) in [6, 6.07) is 11.4. The first-order valence-corrected chi connectivity index (χ1v) is 12.6. The number of thiophene rings is 1. The summed E-state index contributed by atoms with van der Waals surface area (Å²) in [5.74, 6) is 1.71. The molecule has 3 aromatic rings. The minimum Gasteiger partial charge on any atom is -0.355 e. The van der Waals surface area contributed by atoms with Gasteiger partial charge in [-0.05, 0) is 36.4 Å². The van der Waals surface area contributed by atoms with Gasteiger partial charge in [-0.1, -0.05) is 18.2 Å². The number of anilines is 1. The van der Waals surface area contributed by atoms with Crippen LogP contribution in [0.25, 0.3) is 11.0 Å². The molecule has 2 aromatic heterocycles. The molecule has 0 amide bonds. The minimum atomic E-state index is -3.43. The molecule has 0 aliphatic carbocycles. The van der Waals surface area contributed by atoms with Gasteiger partial charge in [-0.15, -0.1) is 23.1 Å². The van der Waals surface area contributed by atoms with Crippen molar-refractivity contribution in [1.29, 1.82) is 0 Å². The Morgan fingerprint density at radius 1 is 1.00 bits per heavy atom. The van der Waals surface area contributed by atoms with Crippen molar-refractivity contribution in [2.75, 3.05) is 30.3 Å². The molecule has 2 saturated heterocycles. The van der Waals surface area contributed by atoms with Crippen molar-refractivity contribution in [3.63, 3.8) is 0 Å². The molecule has 2 fully saturated rings. The summed E-state index contributed by atoms with van der Waals surface area (Å²) in [4.78, 5) is 11.1. The fourth-order valence-electron chi connectivity index (χ4n) is 4.03. The number of hydrogen-bond donors (Lipinski definition) is 0. The third-order valence-electron chi connectivity index (χ3n) is 5.46. The lowest BCUT2D eigenvalue weighted by Gasteiger charge is -2.43. The molecule has 28 heavy (non-hydrogen) atoms. The highest BCUT2D eigenvalue weighted by Gasteiger charge is 2.50. The van der Waals surface area contributed by atoms with E-state index in [0.29, 0.717) is 10.8 Å². The van der Waals surface area contributed by atoms with Gasteiger partial charge in [-0.3, -0.25) is 4.98 Å². The Morgan fingerprint density at radius 2 is 1.79 bits per heavy atom. The van der Waals surface area contributed by atoms with Crippen LogP contribution >= 0.6 is 23.1 Å². The molecule has 1 spiro atoms. The van der Waals surface area contributed by atoms with Crippen molar-refractivity contribution < 1.29 is 8.42 Å². The Hall–Kier alpha value is -1.68. The normalized spacial score (nSPS) is 20.2. The maximum atomic E-state index is 13.2. The summed E-state index contributed by atoms with van der Waals surface area (Å²) in [5, 5.41) is 1.82. The molecular weight excluding hydrogens is 412 g/mol. The van der Waals surface area contributed by atoms with E-state index >= 15 is 0 Å². The van der Waals surface area contributed by atoms with Gasteiger partial charge in [0.25, 0.3) is 10.0 Å². The lowest BCUT2D eigenvalue weighted by Crippen LogP contribution is -2.52. The van der Waals surface area contributed by atoms with Gasteiger partial charge >= 0.3 is 0 Å². The SMILES string of the molecule is O=S(=O)(c1cccs1)N1CCSC12CCN(c1cnc3ccccc3n1)CC2. The van der Waals surface area contributed by atoms with Gasteiger partial charge in [-0.2, -0.15) is 4.31 Å². The molecule has 0 saturated carbocycles. The Bertz CT molecular complexity index is 1090. The van der Waals surface area contributed by atoms with E-state index in [2.05, 4.69) is 9.88 Å². The summed E-state index contributed by atoms with van der Waals surface area (Å²) >= 11 is 3.08. The zero-order chi connectivity index (χ0) is 19.2. The maximum absolute atomic E-state index is 13.2. The second-order valence-electron chi connectivity index (χ2n) is 7.01. The van der Waals surface area contributed by atoms with Crippen LogP contribution in [0, 0.1) is 0 Å². The van der Waals surface area contributed by atoms with Gasteiger partial charge in [0.15, 0.2) is 0 Å². The zero-order valence-electron chi connectivity index (χ0n) is 15.2. The molecule has 4 heterocycles. The fraction of sp³-hybridized carbons (Fsp3) is 0.368. The Labute approximate surface area is 172 Å². The Kier molecular flexibility index (Phi) is 4.58. The summed E-state index contributed by atoms with van der Waals surface area (Å²) in [7, 11) is -3.43. The molecule has 0 unspecified atom stereocenters. The predicted octanol–water partition coefficient (Wildman–Crippen LogP) is 3.43. The molecule has 2 aliphatic heterocycles. The highest BCUT2D eigenvalue weighted by molar-refractivity contribution is 8.02. The molecule has 146 valence electrons. The van der Waals surface area contributed by atoms with Crippen LogP contribution in [0.4, 0.5) is 5.82 Å². The van der Waals surface area contributed by atoms with E-state index in [1.165, 1.54) is 11.3 Å². The monoisotopic (exact) mass is 432 g/mol. The van der Waals surface area contributed by atoms with Crippen molar-refractivity contribution in [1.82, 2.24) is 14.3 Å². The van der Waals surface area contributed by atoms with Gasteiger partial charge in [0.05, 0.1) is 22.1 Å². The Balaban J connectivity index is 1.38. The number of rotatable bonds is 3. The quantitative estimate of drug-likeness (QED) is 0.632. The molecule has 2 aliphatic rings. The Morgan fingerprint density at radius 3 is 2.54 bits per heavy atom. The largest absolute Gasteiger partial charge is 0.355 e. The van der Waals surface area contributed by atoms with Gasteiger partial charge in [0.1, 0.15) is 10.0 Å². The lowest BCUT2D eigenvalue weighted by atomic mass is 10.0. The molecule has 0 bridgehead atoms. The molecule has 0 N–H and O–H groups in total. The van der Waals surface area contributed by atoms with Crippen molar-refractivity contribution in [3.8, 4) is 0 Å². The van der Waals surface area contributed by atoms with E-state index in [1.807, 2.05) is 35.8 Å². The molecule has 5 rings (SSSR count). The smallest absolute Gasteiger partial charge is 0.253 e. The lowest BCUT2D eigenvalue weighted by molar-refractivity contribution is 0.266. The van der Waals surface area contributed by atoms with Crippen LogP contribution in [0.5, 0.6) is 0 Å². The van der Waals surface area contributed by atoms with Crippen LogP contribution in [-0.2, 0) is 10.0 Å². The van der Waals surface area contributed by atoms with E-state index < -0.39 is 10.0 Å². The molecule has 6 nitrogen and oxygen atoms in total. The van der Waals surface area contributed by atoms with E-state index in [0.717, 1.165) is 48.5 Å². The third kappa shape index (κ3) is 3.01. The predicted molar refractivity (Wildman–Crippen MR) is 114 cm³/mol. The average Bonchev–Trinajstić information content (AvgIpc) is 3.39. The van der Waals surface area contributed by atoms with Crippen LogP contribution in [0.1, 0.15) is 12.8 Å². The van der Waals surface area contributed by atoms with Gasteiger partial charge < -0.3 is 4.90 Å². The van der Waals surface area contributed by atoms with E-state index in [9.17, 15) is 8.42 Å². The van der Waals surface area contributed by atoms with Crippen LogP contribution in [0.15, 0.2) is 52.2 Å². The molecule has 1 aromatic carbocycles. The van der Waals surface area contributed by atoms with Crippen LogP contribution < -0.4 is 4.90 Å². The second-order valence-corrected chi connectivity index (χ2v) is 11.5. The fourth-order valence-corrected chi connectivity index (χ4v) is 8.75. The standard InChI is InChI=1S/C19H20N4O2S3/c24-28(25,18-6-3-12-26-18)23-11-13-27-19(23)7-9-22(10-8-19)17-14-20-15-4-1-2-5-16(15)21-17/h1-6,12,14H,7-11,13H2. The van der Waals surface area contributed by atoms with Crippen molar-refractivity contribution >= 4 is 50.0 Å².